The zero-order valence-electron chi connectivity index (χ0n) is 12.6. The normalized spacial score (nSPS) is 26.1. The lowest BCUT2D eigenvalue weighted by Gasteiger charge is -2.33. The van der Waals surface area contributed by atoms with E-state index in [-0.39, 0.29) is 5.92 Å². The van der Waals surface area contributed by atoms with Gasteiger partial charge in [0.1, 0.15) is 5.78 Å². The zero-order chi connectivity index (χ0) is 14.1. The molecule has 1 aliphatic heterocycles. The van der Waals surface area contributed by atoms with Crippen LogP contribution < -0.4 is 4.90 Å². The maximum Gasteiger partial charge on any atom is 0.137 e. The Morgan fingerprint density at radius 3 is 2.85 bits per heavy atom. The summed E-state index contributed by atoms with van der Waals surface area (Å²) >= 11 is 0. The molecule has 1 aliphatic carbocycles. The molecule has 3 rings (SSSR count). The molecule has 1 fully saturated rings. The summed E-state index contributed by atoms with van der Waals surface area (Å²) in [5.41, 5.74) is 2.79. The molecule has 2 atom stereocenters. The van der Waals surface area contributed by atoms with Crippen molar-refractivity contribution in [3.05, 3.63) is 29.8 Å². The Morgan fingerprint density at radius 1 is 1.25 bits per heavy atom. The number of carbonyl (C=O) groups excluding carboxylic acids is 1. The molecule has 1 heterocycles. The first-order valence-electron chi connectivity index (χ1n) is 8.00. The second-order valence-electron chi connectivity index (χ2n) is 6.77. The monoisotopic (exact) mass is 271 g/mol. The van der Waals surface area contributed by atoms with E-state index in [4.69, 9.17) is 0 Å². The molecule has 0 radical (unpaired) electrons. The lowest BCUT2D eigenvalue weighted by Crippen LogP contribution is -2.37. The number of ketones is 1. The van der Waals surface area contributed by atoms with E-state index in [1.54, 1.807) is 0 Å². The van der Waals surface area contributed by atoms with Crippen LogP contribution in [-0.4, -0.2) is 18.9 Å². The van der Waals surface area contributed by atoms with Crippen molar-refractivity contribution in [2.45, 2.75) is 39.5 Å². The molecular formula is C18H25NO. The van der Waals surface area contributed by atoms with Crippen LogP contribution in [0, 0.1) is 17.8 Å². The maximum atomic E-state index is 12.2. The Hall–Kier alpha value is -1.31. The van der Waals surface area contributed by atoms with Crippen molar-refractivity contribution in [2.75, 3.05) is 18.0 Å². The molecule has 2 aliphatic rings. The van der Waals surface area contributed by atoms with Gasteiger partial charge in [0.25, 0.3) is 0 Å². The molecular weight excluding hydrogens is 246 g/mol. The van der Waals surface area contributed by atoms with Crippen molar-refractivity contribution in [1.29, 1.82) is 0 Å². The topological polar surface area (TPSA) is 20.3 Å². The molecule has 108 valence electrons. The molecule has 0 bridgehead atoms. The number of para-hydroxylation sites is 1. The van der Waals surface area contributed by atoms with E-state index in [0.29, 0.717) is 11.7 Å². The van der Waals surface area contributed by atoms with Gasteiger partial charge in [0, 0.05) is 31.1 Å². The predicted octanol–water partition coefficient (Wildman–Crippen LogP) is 3.69. The Kier molecular flexibility index (Phi) is 3.82. The molecule has 1 saturated carbocycles. The zero-order valence-corrected chi connectivity index (χ0v) is 12.6. The molecule has 2 unspecified atom stereocenters. The molecule has 1 aromatic carbocycles. The number of fused-ring (bicyclic) bond motifs is 1. The van der Waals surface area contributed by atoms with E-state index in [1.807, 2.05) is 0 Å². The highest BCUT2D eigenvalue weighted by Gasteiger charge is 2.32. The largest absolute Gasteiger partial charge is 0.370 e. The fourth-order valence-corrected chi connectivity index (χ4v) is 3.79. The van der Waals surface area contributed by atoms with Gasteiger partial charge in [-0.15, -0.1) is 0 Å². The average Bonchev–Trinajstić information content (AvgIpc) is 2.84. The van der Waals surface area contributed by atoms with Crippen LogP contribution in [0.15, 0.2) is 24.3 Å². The van der Waals surface area contributed by atoms with Crippen LogP contribution in [0.4, 0.5) is 5.69 Å². The second kappa shape index (κ2) is 5.59. The smallest absolute Gasteiger partial charge is 0.137 e. The predicted molar refractivity (Wildman–Crippen MR) is 83.0 cm³/mol. The molecule has 0 amide bonds. The third-order valence-corrected chi connectivity index (χ3v) is 5.17. The summed E-state index contributed by atoms with van der Waals surface area (Å²) in [4.78, 5) is 14.7. The van der Waals surface area contributed by atoms with Crippen LogP contribution in [-0.2, 0) is 11.2 Å². The van der Waals surface area contributed by atoms with Crippen LogP contribution in [0.5, 0.6) is 0 Å². The molecule has 1 aromatic rings. The van der Waals surface area contributed by atoms with Gasteiger partial charge in [-0.3, -0.25) is 4.79 Å². The number of hydrogen-bond acceptors (Lipinski definition) is 2. The van der Waals surface area contributed by atoms with Crippen LogP contribution in [0.1, 0.15) is 38.7 Å². The number of hydrogen-bond donors (Lipinski definition) is 0. The lowest BCUT2D eigenvalue weighted by molar-refractivity contribution is -0.125. The second-order valence-corrected chi connectivity index (χ2v) is 6.77. The third kappa shape index (κ3) is 2.61. The van der Waals surface area contributed by atoms with Gasteiger partial charge in [-0.25, -0.2) is 0 Å². The highest BCUT2D eigenvalue weighted by atomic mass is 16.1. The minimum absolute atomic E-state index is 0.252. The number of benzene rings is 1. The summed E-state index contributed by atoms with van der Waals surface area (Å²) in [6, 6.07) is 8.64. The fourth-order valence-electron chi connectivity index (χ4n) is 3.79. The molecule has 0 aromatic heterocycles. The van der Waals surface area contributed by atoms with Crippen molar-refractivity contribution in [1.82, 2.24) is 0 Å². The molecule has 0 saturated heterocycles. The Balaban J connectivity index is 1.70. The third-order valence-electron chi connectivity index (χ3n) is 5.17. The highest BCUT2D eigenvalue weighted by molar-refractivity contribution is 5.82. The van der Waals surface area contributed by atoms with Crippen molar-refractivity contribution in [2.24, 2.45) is 17.8 Å². The molecule has 20 heavy (non-hydrogen) atoms. The van der Waals surface area contributed by atoms with Gasteiger partial charge in [0.2, 0.25) is 0 Å². The van der Waals surface area contributed by atoms with Gasteiger partial charge in [0.15, 0.2) is 0 Å². The number of rotatable bonds is 3. The first-order chi connectivity index (χ1) is 9.65. The van der Waals surface area contributed by atoms with Crippen LogP contribution in [0.3, 0.4) is 0 Å². The van der Waals surface area contributed by atoms with Gasteiger partial charge in [0.05, 0.1) is 0 Å². The Morgan fingerprint density at radius 2 is 2.05 bits per heavy atom. The van der Waals surface area contributed by atoms with Gasteiger partial charge < -0.3 is 4.90 Å². The van der Waals surface area contributed by atoms with E-state index in [0.717, 1.165) is 44.7 Å². The van der Waals surface area contributed by atoms with Crippen molar-refractivity contribution in [3.8, 4) is 0 Å². The van der Waals surface area contributed by atoms with E-state index in [1.165, 1.54) is 11.3 Å². The minimum atomic E-state index is 0.252. The number of carbonyl (C=O) groups is 1. The van der Waals surface area contributed by atoms with Gasteiger partial charge in [-0.2, -0.15) is 0 Å². The Labute approximate surface area is 122 Å². The standard InChI is InChI=1S/C18H25NO/c1-13(2)15-7-8-18(20)16(11-15)12-19-10-9-14-5-3-4-6-17(14)19/h3-6,13,15-16H,7-12H2,1-2H3. The maximum absolute atomic E-state index is 12.2. The van der Waals surface area contributed by atoms with Crippen molar-refractivity contribution in [3.63, 3.8) is 0 Å². The van der Waals surface area contributed by atoms with Gasteiger partial charge >= 0.3 is 0 Å². The van der Waals surface area contributed by atoms with E-state index in [2.05, 4.69) is 43.0 Å². The summed E-state index contributed by atoms with van der Waals surface area (Å²) in [7, 11) is 0. The first-order valence-corrected chi connectivity index (χ1v) is 8.00. The number of Topliss-reactive ketones (excluding diaryl/α,β-unsaturated/α-hetero) is 1. The average molecular weight is 271 g/mol. The fraction of sp³-hybridized carbons (Fsp3) is 0.611. The molecule has 0 spiro atoms. The van der Waals surface area contributed by atoms with E-state index in [9.17, 15) is 4.79 Å². The minimum Gasteiger partial charge on any atom is -0.370 e. The summed E-state index contributed by atoms with van der Waals surface area (Å²) in [6.45, 7) is 6.60. The SMILES string of the molecule is CC(C)C1CCC(=O)C(CN2CCc3ccccc32)C1. The van der Waals surface area contributed by atoms with Crippen molar-refractivity contribution < 1.29 is 4.79 Å². The molecule has 2 nitrogen and oxygen atoms in total. The number of anilines is 1. The summed E-state index contributed by atoms with van der Waals surface area (Å²) in [5.74, 6) is 2.18. The van der Waals surface area contributed by atoms with E-state index < -0.39 is 0 Å². The lowest BCUT2D eigenvalue weighted by atomic mass is 9.75. The van der Waals surface area contributed by atoms with Gasteiger partial charge in [-0.1, -0.05) is 32.0 Å². The first kappa shape index (κ1) is 13.7. The summed E-state index contributed by atoms with van der Waals surface area (Å²) in [6.07, 6.45) is 4.12. The van der Waals surface area contributed by atoms with Gasteiger partial charge in [-0.05, 0) is 42.7 Å². The quantitative estimate of drug-likeness (QED) is 0.835. The summed E-state index contributed by atoms with van der Waals surface area (Å²) < 4.78 is 0. The summed E-state index contributed by atoms with van der Waals surface area (Å²) in [5, 5.41) is 0. The van der Waals surface area contributed by atoms with Crippen molar-refractivity contribution >= 4 is 11.5 Å². The molecule has 0 N–H and O–H groups in total. The van der Waals surface area contributed by atoms with Crippen LogP contribution in [0.25, 0.3) is 0 Å². The molecule has 2 heteroatoms. The highest BCUT2D eigenvalue weighted by Crippen LogP contribution is 2.34. The van der Waals surface area contributed by atoms with E-state index >= 15 is 0 Å². The Bertz CT molecular complexity index is 494. The van der Waals surface area contributed by atoms with Crippen LogP contribution >= 0.6 is 0 Å². The number of nitrogens with zero attached hydrogens (tertiary/aromatic N) is 1. The van der Waals surface area contributed by atoms with Crippen LogP contribution in [0.2, 0.25) is 0 Å².